The number of carbonyl (C=O) groups excluding carboxylic acids is 2. The van der Waals surface area contributed by atoms with Crippen LogP contribution in [0.3, 0.4) is 0 Å². The van der Waals surface area contributed by atoms with Crippen molar-refractivity contribution in [3.63, 3.8) is 0 Å². The van der Waals surface area contributed by atoms with Crippen LogP contribution < -0.4 is 29.6 Å². The van der Waals surface area contributed by atoms with Crippen LogP contribution in [0.1, 0.15) is 41.4 Å². The number of hydrogen-bond acceptors (Lipinski definition) is 10. The van der Waals surface area contributed by atoms with Crippen LogP contribution in [0, 0.1) is 0 Å². The van der Waals surface area contributed by atoms with Crippen molar-refractivity contribution in [1.82, 2.24) is 0 Å². The smallest absolute Gasteiger partial charge is 0.339 e. The summed E-state index contributed by atoms with van der Waals surface area (Å²) in [6.45, 7) is 0. The molecule has 0 fully saturated rings. The Bertz CT molecular complexity index is 2830. The van der Waals surface area contributed by atoms with Crippen molar-refractivity contribution in [1.29, 1.82) is 0 Å². The largest absolute Gasteiger partial charge is 0.496 e. The minimum Gasteiger partial charge on any atom is -0.496 e. The summed E-state index contributed by atoms with van der Waals surface area (Å²) in [6, 6.07) is 27.7. The van der Waals surface area contributed by atoms with Crippen molar-refractivity contribution < 1.29 is 55.7 Å². The van der Waals surface area contributed by atoms with Gasteiger partial charge in [-0.3, -0.25) is 19.0 Å². The minimum absolute atomic E-state index is 0.0517. The number of ether oxygens (including phenoxy) is 2. The first-order valence-corrected chi connectivity index (χ1v) is 22.3. The summed E-state index contributed by atoms with van der Waals surface area (Å²) in [5.74, 6) is -3.24. The Morgan fingerprint density at radius 2 is 0.844 bits per heavy atom. The lowest BCUT2D eigenvalue weighted by Gasteiger charge is -2.11. The van der Waals surface area contributed by atoms with E-state index in [2.05, 4.69) is 20.1 Å². The maximum atomic E-state index is 12.6. The van der Waals surface area contributed by atoms with Gasteiger partial charge in [-0.25, -0.2) is 26.4 Å². The Morgan fingerprint density at radius 3 is 1.17 bits per heavy atom. The van der Waals surface area contributed by atoms with Gasteiger partial charge in [0.05, 0.1) is 44.1 Å². The highest BCUT2D eigenvalue weighted by Crippen LogP contribution is 2.29. The number of halogens is 4. The zero-order valence-electron chi connectivity index (χ0n) is 32.9. The van der Waals surface area contributed by atoms with Crippen LogP contribution in [0.15, 0.2) is 131 Å². The van der Waals surface area contributed by atoms with E-state index in [0.717, 1.165) is 0 Å². The number of carbonyl (C=O) groups is 4. The maximum Gasteiger partial charge on any atom is 0.339 e. The molecule has 0 bridgehead atoms. The van der Waals surface area contributed by atoms with Gasteiger partial charge in [-0.1, -0.05) is 58.5 Å². The van der Waals surface area contributed by atoms with Crippen molar-refractivity contribution in [2.75, 3.05) is 34.3 Å². The lowest BCUT2D eigenvalue weighted by molar-refractivity contribution is 0.0682. The first-order chi connectivity index (χ1) is 30.2. The van der Waals surface area contributed by atoms with E-state index < -0.39 is 43.8 Å². The van der Waals surface area contributed by atoms with E-state index in [1.807, 2.05) is 0 Å². The third-order valence-corrected chi connectivity index (χ3v) is 12.8. The fraction of sp³-hybridized carbons (Fsp3) is 0.0476. The van der Waals surface area contributed by atoms with Crippen LogP contribution in [0.2, 0.25) is 20.1 Å². The predicted octanol–water partition coefficient (Wildman–Crippen LogP) is 9.51. The quantitative estimate of drug-likeness (QED) is 0.0598. The number of sulfonamides is 2. The highest BCUT2D eigenvalue weighted by molar-refractivity contribution is 7.93. The van der Waals surface area contributed by atoms with Crippen molar-refractivity contribution in [2.45, 2.75) is 9.79 Å². The van der Waals surface area contributed by atoms with Gasteiger partial charge in [-0.15, -0.1) is 0 Å². The molecule has 22 heteroatoms. The second kappa shape index (κ2) is 20.8. The van der Waals surface area contributed by atoms with Gasteiger partial charge in [0.1, 0.15) is 22.6 Å². The highest BCUT2D eigenvalue weighted by atomic mass is 35.5. The molecule has 0 atom stereocenters. The molecular formula is C42H32Cl4N4O12S2. The lowest BCUT2D eigenvalue weighted by atomic mass is 10.1. The molecule has 0 spiro atoms. The van der Waals surface area contributed by atoms with Crippen molar-refractivity contribution in [3.8, 4) is 11.5 Å². The summed E-state index contributed by atoms with van der Waals surface area (Å²) >= 11 is 23.4. The Hall–Kier alpha value is -6.54. The molecule has 0 aliphatic rings. The zero-order valence-corrected chi connectivity index (χ0v) is 37.5. The molecule has 0 unspecified atom stereocenters. The molecule has 0 aliphatic heterocycles. The standard InChI is InChI=1S/2C21H16Cl2N2O6S/c2*1-31-19-10-13(5-7-16(19)21(27)28)24-20(26)12-3-2-4-14(9-12)25-32(29,30)15-6-8-17(22)18(23)11-15/h2*2-11,25H,1H3,(H,24,26)(H,27,28). The topological polar surface area (TPSA) is 244 Å². The molecular weight excluding hydrogens is 958 g/mol. The van der Waals surface area contributed by atoms with E-state index in [4.69, 9.17) is 66.1 Å². The summed E-state index contributed by atoms with van der Waals surface area (Å²) in [6.07, 6.45) is 0. The number of anilines is 4. The van der Waals surface area contributed by atoms with E-state index in [-0.39, 0.29) is 75.0 Å². The molecule has 2 amide bonds. The number of nitrogens with one attached hydrogen (secondary N) is 4. The Kier molecular flexibility index (Phi) is 15.7. The molecule has 64 heavy (non-hydrogen) atoms. The van der Waals surface area contributed by atoms with Gasteiger partial charge >= 0.3 is 11.9 Å². The Balaban J connectivity index is 0.000000241. The molecule has 0 aromatic heterocycles. The molecule has 332 valence electrons. The number of benzene rings is 6. The zero-order chi connectivity index (χ0) is 46.9. The summed E-state index contributed by atoms with van der Waals surface area (Å²) in [4.78, 5) is 47.4. The van der Waals surface area contributed by atoms with Crippen LogP contribution in [0.5, 0.6) is 11.5 Å². The molecule has 6 aromatic rings. The maximum absolute atomic E-state index is 12.6. The molecule has 0 saturated heterocycles. The molecule has 6 N–H and O–H groups in total. The molecule has 0 saturated carbocycles. The number of amides is 2. The Morgan fingerprint density at radius 1 is 0.469 bits per heavy atom. The highest BCUT2D eigenvalue weighted by Gasteiger charge is 2.20. The number of carboxylic acids is 2. The van der Waals surface area contributed by atoms with Gasteiger partial charge in [0.15, 0.2) is 0 Å². The third-order valence-electron chi connectivity index (χ3n) is 8.54. The van der Waals surface area contributed by atoms with Crippen molar-refractivity contribution in [2.24, 2.45) is 0 Å². The fourth-order valence-corrected chi connectivity index (χ4v) is 8.34. The summed E-state index contributed by atoms with van der Waals surface area (Å²) in [7, 11) is -5.31. The minimum atomic E-state index is -3.97. The third kappa shape index (κ3) is 12.3. The summed E-state index contributed by atoms with van der Waals surface area (Å²) in [5, 5.41) is 24.1. The van der Waals surface area contributed by atoms with Crippen LogP contribution in [-0.4, -0.2) is 65.0 Å². The first-order valence-electron chi connectivity index (χ1n) is 17.8. The van der Waals surface area contributed by atoms with Gasteiger partial charge < -0.3 is 30.3 Å². The van der Waals surface area contributed by atoms with E-state index >= 15 is 0 Å². The number of aromatic carboxylic acids is 2. The molecule has 0 radical (unpaired) electrons. The SMILES string of the molecule is COc1cc(NC(=O)c2cccc(NS(=O)(=O)c3ccc(Cl)c(Cl)c3)c2)ccc1C(=O)O.COc1cc(NC(=O)c2cccc(NS(=O)(=O)c3ccc(Cl)c(Cl)c3)c2)ccc1C(=O)O. The van der Waals surface area contributed by atoms with Crippen molar-refractivity contribution in [3.05, 3.63) is 164 Å². The number of methoxy groups -OCH3 is 2. The van der Waals surface area contributed by atoms with Gasteiger partial charge in [0.2, 0.25) is 0 Å². The Labute approximate surface area is 385 Å². The molecule has 6 aromatic carbocycles. The van der Waals surface area contributed by atoms with E-state index in [9.17, 15) is 36.0 Å². The fourth-order valence-electron chi connectivity index (χ4n) is 5.46. The average Bonchev–Trinajstić information content (AvgIpc) is 3.25. The number of carboxylic acid groups (broad SMARTS) is 2. The second-order valence-corrected chi connectivity index (χ2v) is 17.9. The normalized spacial score (nSPS) is 11.0. The number of hydrogen-bond donors (Lipinski definition) is 6. The monoisotopic (exact) mass is 988 g/mol. The predicted molar refractivity (Wildman–Crippen MR) is 243 cm³/mol. The summed E-state index contributed by atoms with van der Waals surface area (Å²) < 4.78 is 65.3. The van der Waals surface area contributed by atoms with Crippen LogP contribution in [0.25, 0.3) is 0 Å². The number of rotatable bonds is 14. The molecule has 16 nitrogen and oxygen atoms in total. The van der Waals surface area contributed by atoms with Gasteiger partial charge in [0, 0.05) is 46.0 Å². The van der Waals surface area contributed by atoms with Crippen LogP contribution in [-0.2, 0) is 20.0 Å². The molecule has 0 aliphatic carbocycles. The molecule has 0 heterocycles. The van der Waals surface area contributed by atoms with E-state index in [0.29, 0.717) is 11.4 Å². The van der Waals surface area contributed by atoms with Crippen LogP contribution >= 0.6 is 46.4 Å². The average molecular weight is 991 g/mol. The van der Waals surface area contributed by atoms with E-state index in [1.54, 1.807) is 0 Å². The summed E-state index contributed by atoms with van der Waals surface area (Å²) in [5.41, 5.74) is 1.15. The van der Waals surface area contributed by atoms with Gasteiger partial charge in [-0.2, -0.15) is 0 Å². The van der Waals surface area contributed by atoms with E-state index in [1.165, 1.54) is 136 Å². The lowest BCUT2D eigenvalue weighted by Crippen LogP contribution is -2.15. The van der Waals surface area contributed by atoms with Gasteiger partial charge in [0.25, 0.3) is 31.9 Å². The molecule has 6 rings (SSSR count). The van der Waals surface area contributed by atoms with Gasteiger partial charge in [-0.05, 0) is 97.1 Å². The first kappa shape index (κ1) is 48.5. The van der Waals surface area contributed by atoms with Crippen LogP contribution in [0.4, 0.5) is 22.7 Å². The second-order valence-electron chi connectivity index (χ2n) is 12.9. The van der Waals surface area contributed by atoms with Crippen molar-refractivity contribution >= 4 is 113 Å².